The van der Waals surface area contributed by atoms with E-state index in [0.29, 0.717) is 12.0 Å². The van der Waals surface area contributed by atoms with Gasteiger partial charge in [-0.25, -0.2) is 9.67 Å². The standard InChI is InChI=1S/C21H29BrN6/c1-14(2)19-26-18-8-7-17(12-28(18)27-19)25-20(23-3)24-13-21(9-10-21)15-5-4-6-16(22)11-15/h4-6,11,14,17H,7-10,12-13H2,1-3H3,(H2,23,24,25). The van der Waals surface area contributed by atoms with Gasteiger partial charge in [0.25, 0.3) is 0 Å². The molecule has 7 heteroatoms. The molecule has 2 aliphatic rings. The maximum Gasteiger partial charge on any atom is 0.191 e. The molecule has 6 nitrogen and oxygen atoms in total. The Bertz CT molecular complexity index is 868. The third-order valence-electron chi connectivity index (χ3n) is 5.84. The predicted molar refractivity (Wildman–Crippen MR) is 116 cm³/mol. The molecule has 1 fully saturated rings. The van der Waals surface area contributed by atoms with Gasteiger partial charge in [-0.05, 0) is 37.0 Å². The molecule has 1 aromatic carbocycles. The predicted octanol–water partition coefficient (Wildman–Crippen LogP) is 3.38. The zero-order valence-electron chi connectivity index (χ0n) is 16.9. The Morgan fingerprint density at radius 1 is 1.39 bits per heavy atom. The van der Waals surface area contributed by atoms with Crippen LogP contribution in [0.1, 0.15) is 56.2 Å². The first kappa shape index (κ1) is 19.4. The minimum atomic E-state index is 0.235. The molecular formula is C21H29BrN6. The summed E-state index contributed by atoms with van der Waals surface area (Å²) >= 11 is 3.60. The molecule has 2 heterocycles. The van der Waals surface area contributed by atoms with Crippen LogP contribution in [0.15, 0.2) is 33.7 Å². The molecule has 1 saturated carbocycles. The van der Waals surface area contributed by atoms with Gasteiger partial charge in [0.15, 0.2) is 11.8 Å². The summed E-state index contributed by atoms with van der Waals surface area (Å²) in [6.45, 7) is 6.03. The van der Waals surface area contributed by atoms with Crippen LogP contribution in [0.2, 0.25) is 0 Å². The second kappa shape index (κ2) is 7.85. The van der Waals surface area contributed by atoms with Crippen LogP contribution in [0.25, 0.3) is 0 Å². The molecule has 1 aliphatic carbocycles. The van der Waals surface area contributed by atoms with E-state index in [1.54, 1.807) is 0 Å². The molecule has 0 saturated heterocycles. The van der Waals surface area contributed by atoms with Crippen molar-refractivity contribution in [3.05, 3.63) is 46.0 Å². The average molecular weight is 445 g/mol. The number of rotatable bonds is 5. The molecule has 2 N–H and O–H groups in total. The lowest BCUT2D eigenvalue weighted by molar-refractivity contribution is 0.391. The van der Waals surface area contributed by atoms with Gasteiger partial charge in [0.2, 0.25) is 0 Å². The molecule has 2 aromatic rings. The van der Waals surface area contributed by atoms with Crippen LogP contribution >= 0.6 is 15.9 Å². The first-order valence-corrected chi connectivity index (χ1v) is 11.0. The van der Waals surface area contributed by atoms with Gasteiger partial charge in [0, 0.05) is 41.9 Å². The normalized spacial score (nSPS) is 20.8. The number of aliphatic imine (C=N–C) groups is 1. The van der Waals surface area contributed by atoms with E-state index in [-0.39, 0.29) is 5.41 Å². The SMILES string of the molecule is CN=C(NCC1(c2cccc(Br)c2)CC1)NC1CCc2nc(C(C)C)nn2C1. The molecule has 28 heavy (non-hydrogen) atoms. The van der Waals surface area contributed by atoms with Gasteiger partial charge in [0.05, 0.1) is 6.54 Å². The van der Waals surface area contributed by atoms with E-state index in [4.69, 9.17) is 0 Å². The fraction of sp³-hybridized carbons (Fsp3) is 0.571. The first-order chi connectivity index (χ1) is 13.5. The van der Waals surface area contributed by atoms with Crippen LogP contribution in [0.4, 0.5) is 0 Å². The topological polar surface area (TPSA) is 67.1 Å². The van der Waals surface area contributed by atoms with Gasteiger partial charge in [-0.15, -0.1) is 0 Å². The van der Waals surface area contributed by atoms with Gasteiger partial charge in [0.1, 0.15) is 5.82 Å². The van der Waals surface area contributed by atoms with E-state index < -0.39 is 0 Å². The van der Waals surface area contributed by atoms with Crippen molar-refractivity contribution in [2.75, 3.05) is 13.6 Å². The van der Waals surface area contributed by atoms with Crippen molar-refractivity contribution < 1.29 is 0 Å². The van der Waals surface area contributed by atoms with Gasteiger partial charge in [-0.1, -0.05) is 41.9 Å². The van der Waals surface area contributed by atoms with E-state index >= 15 is 0 Å². The number of aromatic nitrogens is 3. The number of aryl methyl sites for hydroxylation is 1. The van der Waals surface area contributed by atoms with Gasteiger partial charge in [-0.2, -0.15) is 5.10 Å². The monoisotopic (exact) mass is 444 g/mol. The number of hydrogen-bond acceptors (Lipinski definition) is 3. The number of hydrogen-bond donors (Lipinski definition) is 2. The highest BCUT2D eigenvalue weighted by Crippen LogP contribution is 2.48. The molecule has 1 aromatic heterocycles. The maximum atomic E-state index is 4.68. The van der Waals surface area contributed by atoms with Crippen molar-refractivity contribution in [2.24, 2.45) is 4.99 Å². The Hall–Kier alpha value is -1.89. The van der Waals surface area contributed by atoms with Crippen molar-refractivity contribution >= 4 is 21.9 Å². The minimum Gasteiger partial charge on any atom is -0.356 e. The third-order valence-corrected chi connectivity index (χ3v) is 6.33. The Labute approximate surface area is 175 Å². The molecular weight excluding hydrogens is 416 g/mol. The van der Waals surface area contributed by atoms with Crippen molar-refractivity contribution in [3.8, 4) is 0 Å². The summed E-state index contributed by atoms with van der Waals surface area (Å²) in [4.78, 5) is 9.13. The molecule has 0 amide bonds. The van der Waals surface area contributed by atoms with E-state index in [0.717, 1.165) is 48.0 Å². The Morgan fingerprint density at radius 2 is 2.21 bits per heavy atom. The number of fused-ring (bicyclic) bond motifs is 1. The fourth-order valence-electron chi connectivity index (χ4n) is 3.87. The highest BCUT2D eigenvalue weighted by atomic mass is 79.9. The second-order valence-corrected chi connectivity index (χ2v) is 9.24. The van der Waals surface area contributed by atoms with E-state index in [2.05, 4.69) is 84.4 Å². The van der Waals surface area contributed by atoms with Crippen LogP contribution in [0.5, 0.6) is 0 Å². The minimum absolute atomic E-state index is 0.235. The lowest BCUT2D eigenvalue weighted by atomic mass is 9.96. The maximum absolute atomic E-state index is 4.68. The number of nitrogens with zero attached hydrogens (tertiary/aromatic N) is 4. The number of halogens is 1. The van der Waals surface area contributed by atoms with Crippen molar-refractivity contribution in [1.82, 2.24) is 25.4 Å². The first-order valence-electron chi connectivity index (χ1n) is 10.2. The van der Waals surface area contributed by atoms with Crippen molar-refractivity contribution in [2.45, 2.75) is 63.5 Å². The van der Waals surface area contributed by atoms with Gasteiger partial charge < -0.3 is 10.6 Å². The summed E-state index contributed by atoms with van der Waals surface area (Å²) in [6.07, 6.45) is 4.44. The third kappa shape index (κ3) is 4.09. The van der Waals surface area contributed by atoms with Crippen LogP contribution in [0, 0.1) is 0 Å². The average Bonchev–Trinajstić information content (AvgIpc) is 3.35. The van der Waals surface area contributed by atoms with Gasteiger partial charge in [-0.3, -0.25) is 4.99 Å². The summed E-state index contributed by atoms with van der Waals surface area (Å²) in [7, 11) is 1.84. The molecule has 1 unspecified atom stereocenters. The number of nitrogens with one attached hydrogen (secondary N) is 2. The Balaban J connectivity index is 1.35. The lowest BCUT2D eigenvalue weighted by Gasteiger charge is -2.26. The van der Waals surface area contributed by atoms with Crippen LogP contribution in [-0.4, -0.2) is 40.4 Å². The fourth-order valence-corrected chi connectivity index (χ4v) is 4.27. The molecule has 0 bridgehead atoms. The van der Waals surface area contributed by atoms with Crippen LogP contribution in [0.3, 0.4) is 0 Å². The van der Waals surface area contributed by atoms with E-state index in [9.17, 15) is 0 Å². The van der Waals surface area contributed by atoms with Crippen LogP contribution in [-0.2, 0) is 18.4 Å². The molecule has 1 aliphatic heterocycles. The lowest BCUT2D eigenvalue weighted by Crippen LogP contribution is -2.48. The molecule has 4 rings (SSSR count). The zero-order chi connectivity index (χ0) is 19.7. The van der Waals surface area contributed by atoms with Crippen LogP contribution < -0.4 is 10.6 Å². The van der Waals surface area contributed by atoms with E-state index in [1.807, 2.05) is 7.05 Å². The van der Waals surface area contributed by atoms with Gasteiger partial charge >= 0.3 is 0 Å². The quantitative estimate of drug-likeness (QED) is 0.547. The largest absolute Gasteiger partial charge is 0.356 e. The highest BCUT2D eigenvalue weighted by Gasteiger charge is 2.44. The number of benzene rings is 1. The zero-order valence-corrected chi connectivity index (χ0v) is 18.5. The molecule has 0 spiro atoms. The molecule has 0 radical (unpaired) electrons. The van der Waals surface area contributed by atoms with Crippen molar-refractivity contribution in [3.63, 3.8) is 0 Å². The summed E-state index contributed by atoms with van der Waals surface area (Å²) in [5.41, 5.74) is 1.63. The Morgan fingerprint density at radius 3 is 2.89 bits per heavy atom. The second-order valence-electron chi connectivity index (χ2n) is 8.32. The summed E-state index contributed by atoms with van der Waals surface area (Å²) in [5.74, 6) is 3.30. The smallest absolute Gasteiger partial charge is 0.191 e. The highest BCUT2D eigenvalue weighted by molar-refractivity contribution is 9.10. The summed E-state index contributed by atoms with van der Waals surface area (Å²) in [5, 5.41) is 11.8. The van der Waals surface area contributed by atoms with E-state index in [1.165, 1.54) is 18.4 Å². The number of guanidine groups is 1. The molecule has 150 valence electrons. The summed E-state index contributed by atoms with van der Waals surface area (Å²) in [6, 6.07) is 9.00. The van der Waals surface area contributed by atoms with Crippen molar-refractivity contribution in [1.29, 1.82) is 0 Å². The summed E-state index contributed by atoms with van der Waals surface area (Å²) < 4.78 is 3.21. The molecule has 1 atom stereocenters. The Kier molecular flexibility index (Phi) is 5.45.